The maximum Gasteiger partial charge on any atom is 0.335 e. The van der Waals surface area contributed by atoms with Crippen LogP contribution in [0.25, 0.3) is 0 Å². The molecule has 128 valence electrons. The molecule has 0 fully saturated rings. The summed E-state index contributed by atoms with van der Waals surface area (Å²) in [4.78, 5) is 11.1. The molecule has 2 N–H and O–H groups in total. The van der Waals surface area contributed by atoms with E-state index in [0.29, 0.717) is 17.4 Å². The van der Waals surface area contributed by atoms with Gasteiger partial charge in [-0.15, -0.1) is 0 Å². The lowest BCUT2D eigenvalue weighted by atomic mass is 9.75. The van der Waals surface area contributed by atoms with Gasteiger partial charge >= 0.3 is 5.97 Å². The van der Waals surface area contributed by atoms with Crippen LogP contribution in [0, 0.1) is 12.8 Å². The van der Waals surface area contributed by atoms with Crippen molar-refractivity contribution in [1.82, 2.24) is 0 Å². The predicted octanol–water partition coefficient (Wildman–Crippen LogP) is 4.53. The fourth-order valence-electron chi connectivity index (χ4n) is 4.20. The van der Waals surface area contributed by atoms with E-state index in [1.54, 1.807) is 19.2 Å². The zero-order valence-corrected chi connectivity index (χ0v) is 14.3. The van der Waals surface area contributed by atoms with Gasteiger partial charge in [0.2, 0.25) is 0 Å². The number of hydrogen-bond donors (Lipinski definition) is 2. The van der Waals surface area contributed by atoms with E-state index < -0.39 is 5.97 Å². The van der Waals surface area contributed by atoms with Gasteiger partial charge in [0, 0.05) is 5.92 Å². The molecule has 0 spiro atoms. The van der Waals surface area contributed by atoms with E-state index >= 15 is 0 Å². The predicted molar refractivity (Wildman–Crippen MR) is 97.5 cm³/mol. The number of fused-ring (bicyclic) bond motifs is 3. The molecule has 0 aromatic heterocycles. The standard InChI is InChI=1S/C21H21NO3/c1-12-6-11-17(25-2)20-18(12)15-4-3-5-16(15)19(22-20)13-7-9-14(10-8-13)21(23)24/h3-4,6-11,15-16,19,22H,5H2,1-2H3,(H,23,24)/t15-,16-,19-/m1/s1. The monoisotopic (exact) mass is 335 g/mol. The second kappa shape index (κ2) is 5.96. The van der Waals surface area contributed by atoms with E-state index in [9.17, 15) is 4.79 Å². The van der Waals surface area contributed by atoms with E-state index in [4.69, 9.17) is 9.84 Å². The van der Waals surface area contributed by atoms with Crippen molar-refractivity contribution in [3.8, 4) is 5.75 Å². The van der Waals surface area contributed by atoms with Gasteiger partial charge in [-0.25, -0.2) is 4.79 Å². The molecule has 3 atom stereocenters. The van der Waals surface area contributed by atoms with Crippen LogP contribution < -0.4 is 10.1 Å². The van der Waals surface area contributed by atoms with Gasteiger partial charge in [0.05, 0.1) is 24.4 Å². The summed E-state index contributed by atoms with van der Waals surface area (Å²) < 4.78 is 5.59. The molecule has 4 nitrogen and oxygen atoms in total. The molecule has 0 saturated heterocycles. The second-order valence-electron chi connectivity index (χ2n) is 6.78. The van der Waals surface area contributed by atoms with E-state index in [2.05, 4.69) is 30.5 Å². The van der Waals surface area contributed by atoms with Gasteiger partial charge in [-0.05, 0) is 54.2 Å². The van der Waals surface area contributed by atoms with Crippen molar-refractivity contribution in [2.75, 3.05) is 12.4 Å². The third kappa shape index (κ3) is 2.49. The molecule has 25 heavy (non-hydrogen) atoms. The third-order valence-corrected chi connectivity index (χ3v) is 5.44. The minimum atomic E-state index is -0.897. The van der Waals surface area contributed by atoms with Crippen LogP contribution in [0.5, 0.6) is 5.75 Å². The summed E-state index contributed by atoms with van der Waals surface area (Å²) in [5.41, 5.74) is 5.07. The quantitative estimate of drug-likeness (QED) is 0.809. The zero-order chi connectivity index (χ0) is 17.6. The Hall–Kier alpha value is -2.75. The maximum absolute atomic E-state index is 11.1. The molecule has 1 aliphatic heterocycles. The summed E-state index contributed by atoms with van der Waals surface area (Å²) in [6.07, 6.45) is 5.57. The van der Waals surface area contributed by atoms with Crippen molar-refractivity contribution in [2.24, 2.45) is 5.92 Å². The number of carbonyl (C=O) groups is 1. The third-order valence-electron chi connectivity index (χ3n) is 5.44. The van der Waals surface area contributed by atoms with E-state index in [-0.39, 0.29) is 6.04 Å². The molecule has 4 rings (SSSR count). The summed E-state index contributed by atoms with van der Waals surface area (Å²) in [5, 5.41) is 12.8. The molecule has 0 unspecified atom stereocenters. The van der Waals surface area contributed by atoms with Gasteiger partial charge in [-0.2, -0.15) is 0 Å². The molecule has 2 aromatic carbocycles. The topological polar surface area (TPSA) is 58.6 Å². The van der Waals surface area contributed by atoms with Gasteiger partial charge in [0.1, 0.15) is 5.75 Å². The summed E-state index contributed by atoms with van der Waals surface area (Å²) in [6.45, 7) is 2.14. The molecule has 0 amide bonds. The number of carboxylic acid groups (broad SMARTS) is 1. The number of aryl methyl sites for hydroxylation is 1. The van der Waals surface area contributed by atoms with Crippen molar-refractivity contribution >= 4 is 11.7 Å². The highest BCUT2D eigenvalue weighted by atomic mass is 16.5. The first-order valence-electron chi connectivity index (χ1n) is 8.54. The van der Waals surface area contributed by atoms with Crippen LogP contribution in [0.1, 0.15) is 45.4 Å². The van der Waals surface area contributed by atoms with Gasteiger partial charge in [0.25, 0.3) is 0 Å². The minimum absolute atomic E-state index is 0.131. The average Bonchev–Trinajstić information content (AvgIpc) is 3.11. The van der Waals surface area contributed by atoms with Crippen LogP contribution in [0.2, 0.25) is 0 Å². The van der Waals surface area contributed by atoms with E-state index in [0.717, 1.165) is 23.4 Å². The highest BCUT2D eigenvalue weighted by Gasteiger charge is 2.39. The number of hydrogen-bond acceptors (Lipinski definition) is 3. The Morgan fingerprint density at radius 1 is 1.20 bits per heavy atom. The molecule has 1 aliphatic carbocycles. The number of rotatable bonds is 3. The summed E-state index contributed by atoms with van der Waals surface area (Å²) in [6, 6.07) is 11.5. The first-order valence-corrected chi connectivity index (χ1v) is 8.54. The van der Waals surface area contributed by atoms with Crippen LogP contribution in [0.3, 0.4) is 0 Å². The first kappa shape index (κ1) is 15.8. The van der Waals surface area contributed by atoms with Gasteiger partial charge in [-0.3, -0.25) is 0 Å². The molecule has 0 bridgehead atoms. The number of aromatic carboxylic acids is 1. The van der Waals surface area contributed by atoms with Crippen molar-refractivity contribution in [3.63, 3.8) is 0 Å². The van der Waals surface area contributed by atoms with Crippen LogP contribution in [-0.2, 0) is 0 Å². The van der Waals surface area contributed by atoms with Crippen molar-refractivity contribution < 1.29 is 14.6 Å². The normalized spacial score (nSPS) is 23.5. The number of anilines is 1. The van der Waals surface area contributed by atoms with Crippen molar-refractivity contribution in [2.45, 2.75) is 25.3 Å². The molecule has 0 radical (unpaired) electrons. The molecule has 2 aliphatic rings. The Bertz CT molecular complexity index is 854. The molecular formula is C21H21NO3. The fraction of sp³-hybridized carbons (Fsp3) is 0.286. The number of ether oxygens (including phenoxy) is 1. The largest absolute Gasteiger partial charge is 0.495 e. The van der Waals surface area contributed by atoms with Gasteiger partial charge < -0.3 is 15.2 Å². The Balaban J connectivity index is 1.79. The second-order valence-corrected chi connectivity index (χ2v) is 6.78. The molecule has 0 saturated carbocycles. The Morgan fingerprint density at radius 3 is 2.64 bits per heavy atom. The SMILES string of the molecule is COc1ccc(C)c2c1N[C@H](c1ccc(C(=O)O)cc1)[C@@H]1CC=C[C@@H]21. The summed E-state index contributed by atoms with van der Waals surface area (Å²) >= 11 is 0. The molecule has 2 aromatic rings. The molecule has 1 heterocycles. The van der Waals surface area contributed by atoms with E-state index in [1.165, 1.54) is 11.1 Å². The van der Waals surface area contributed by atoms with Gasteiger partial charge in [-0.1, -0.05) is 30.4 Å². The number of benzene rings is 2. The van der Waals surface area contributed by atoms with Gasteiger partial charge in [0.15, 0.2) is 0 Å². The van der Waals surface area contributed by atoms with Crippen molar-refractivity contribution in [1.29, 1.82) is 0 Å². The number of nitrogens with one attached hydrogen (secondary N) is 1. The van der Waals surface area contributed by atoms with E-state index in [1.807, 2.05) is 18.2 Å². The number of carboxylic acids is 1. The summed E-state index contributed by atoms with van der Waals surface area (Å²) in [5.74, 6) is 0.738. The highest BCUT2D eigenvalue weighted by Crippen LogP contribution is 2.53. The number of allylic oxidation sites excluding steroid dienone is 2. The lowest BCUT2D eigenvalue weighted by molar-refractivity contribution is 0.0697. The lowest BCUT2D eigenvalue weighted by Crippen LogP contribution is -2.30. The molecular weight excluding hydrogens is 314 g/mol. The van der Waals surface area contributed by atoms with Crippen LogP contribution >= 0.6 is 0 Å². The average molecular weight is 335 g/mol. The van der Waals surface area contributed by atoms with Crippen LogP contribution in [-0.4, -0.2) is 18.2 Å². The minimum Gasteiger partial charge on any atom is -0.495 e. The maximum atomic E-state index is 11.1. The lowest BCUT2D eigenvalue weighted by Gasteiger charge is -2.39. The van der Waals surface area contributed by atoms with Crippen LogP contribution in [0.4, 0.5) is 5.69 Å². The summed E-state index contributed by atoms with van der Waals surface area (Å²) in [7, 11) is 1.69. The molecule has 4 heteroatoms. The Morgan fingerprint density at radius 2 is 1.96 bits per heavy atom. The first-order chi connectivity index (χ1) is 12.1. The Kier molecular flexibility index (Phi) is 3.75. The van der Waals surface area contributed by atoms with Crippen molar-refractivity contribution in [3.05, 3.63) is 70.8 Å². The smallest absolute Gasteiger partial charge is 0.335 e. The fourth-order valence-corrected chi connectivity index (χ4v) is 4.20. The number of methoxy groups -OCH3 is 1. The zero-order valence-electron chi connectivity index (χ0n) is 14.3. The Labute approximate surface area is 147 Å². The highest BCUT2D eigenvalue weighted by molar-refractivity contribution is 5.87. The van der Waals surface area contributed by atoms with Crippen LogP contribution in [0.15, 0.2) is 48.6 Å².